The topological polar surface area (TPSA) is 140 Å². The van der Waals surface area contributed by atoms with Crippen LogP contribution in [0.1, 0.15) is 74.5 Å². The lowest BCUT2D eigenvalue weighted by Crippen LogP contribution is -2.37. The second kappa shape index (κ2) is 9.95. The van der Waals surface area contributed by atoms with Crippen molar-refractivity contribution in [2.75, 3.05) is 7.11 Å². The number of nitrogens with one attached hydrogen (secondary N) is 2. The predicted molar refractivity (Wildman–Crippen MR) is 141 cm³/mol. The number of esters is 1. The van der Waals surface area contributed by atoms with Gasteiger partial charge in [0.15, 0.2) is 0 Å². The van der Waals surface area contributed by atoms with Gasteiger partial charge in [-0.2, -0.15) is 0 Å². The minimum Gasteiger partial charge on any atom is -0.465 e. The van der Waals surface area contributed by atoms with E-state index in [1.165, 1.54) is 7.11 Å². The van der Waals surface area contributed by atoms with Crippen LogP contribution in [0.2, 0.25) is 0 Å². The number of aromatic nitrogens is 4. The minimum absolute atomic E-state index is 0.135. The molecule has 2 N–H and O–H groups in total. The van der Waals surface area contributed by atoms with Gasteiger partial charge < -0.3 is 14.1 Å². The Hall–Kier alpha value is -3.57. The van der Waals surface area contributed by atoms with Crippen molar-refractivity contribution in [3.63, 3.8) is 0 Å². The third-order valence-corrected chi connectivity index (χ3v) is 8.32. The van der Waals surface area contributed by atoms with E-state index in [1.54, 1.807) is 36.4 Å². The number of carbonyl (C=O) groups is 1. The van der Waals surface area contributed by atoms with Gasteiger partial charge in [0.1, 0.15) is 5.82 Å². The van der Waals surface area contributed by atoms with Crippen molar-refractivity contribution in [2.45, 2.75) is 68.7 Å². The maximum Gasteiger partial charge on any atom is 0.337 e. The molecule has 10 nitrogen and oxygen atoms in total. The Kier molecular flexibility index (Phi) is 6.83. The minimum atomic E-state index is -3.74. The molecule has 1 aliphatic carbocycles. The Morgan fingerprint density at radius 1 is 1.08 bits per heavy atom. The second-order valence-electron chi connectivity index (χ2n) is 10.7. The van der Waals surface area contributed by atoms with E-state index in [0.29, 0.717) is 52.6 Å². The standard InChI is InChI=1S/C27H31N5O5S/c1-27(2,3)26-31-30-24(37-26)16-8-10-19(11-9-16)32-38(34,35)20-12-13-21-22(15-20)29-23(28-21)17-6-5-7-18(14-17)25(33)36-4/h5-7,12-16,19,32H,8-11H2,1-4H3,(H,28,29)/t16-,19-. The van der Waals surface area contributed by atoms with Crippen LogP contribution in [0.5, 0.6) is 0 Å². The molecule has 11 heteroatoms. The van der Waals surface area contributed by atoms with Gasteiger partial charge in [-0.1, -0.05) is 32.9 Å². The van der Waals surface area contributed by atoms with Crippen LogP contribution in [-0.4, -0.2) is 47.7 Å². The van der Waals surface area contributed by atoms with E-state index >= 15 is 0 Å². The van der Waals surface area contributed by atoms with Gasteiger partial charge in [-0.05, 0) is 56.0 Å². The van der Waals surface area contributed by atoms with E-state index < -0.39 is 16.0 Å². The number of carbonyl (C=O) groups excluding carboxylic acids is 1. The Morgan fingerprint density at radius 3 is 2.53 bits per heavy atom. The van der Waals surface area contributed by atoms with Gasteiger partial charge in [-0.15, -0.1) is 10.2 Å². The van der Waals surface area contributed by atoms with Crippen molar-refractivity contribution >= 4 is 27.0 Å². The summed E-state index contributed by atoms with van der Waals surface area (Å²) in [6.45, 7) is 6.08. The molecular formula is C27H31N5O5S. The van der Waals surface area contributed by atoms with Gasteiger partial charge in [0, 0.05) is 22.9 Å². The van der Waals surface area contributed by atoms with Gasteiger partial charge in [0.25, 0.3) is 0 Å². The fourth-order valence-corrected chi connectivity index (χ4v) is 5.97. The van der Waals surface area contributed by atoms with E-state index in [9.17, 15) is 13.2 Å². The molecule has 1 saturated carbocycles. The molecule has 4 aromatic rings. The number of imidazole rings is 1. The van der Waals surface area contributed by atoms with Crippen molar-refractivity contribution in [3.8, 4) is 11.4 Å². The maximum absolute atomic E-state index is 13.2. The normalized spacial score (nSPS) is 18.5. The molecule has 0 radical (unpaired) electrons. The summed E-state index contributed by atoms with van der Waals surface area (Å²) in [7, 11) is -2.41. The molecule has 0 atom stereocenters. The highest BCUT2D eigenvalue weighted by atomic mass is 32.2. The lowest BCUT2D eigenvalue weighted by molar-refractivity contribution is 0.0600. The number of ether oxygens (including phenoxy) is 1. The molecule has 0 amide bonds. The molecule has 1 fully saturated rings. The number of hydrogen-bond donors (Lipinski definition) is 2. The molecule has 0 saturated heterocycles. The number of rotatable bonds is 6. The molecule has 0 unspecified atom stereocenters. The Balaban J connectivity index is 1.27. The van der Waals surface area contributed by atoms with E-state index in [0.717, 1.165) is 12.8 Å². The number of aromatic amines is 1. The summed E-state index contributed by atoms with van der Waals surface area (Å²) >= 11 is 0. The van der Waals surface area contributed by atoms with Gasteiger partial charge in [0.05, 0.1) is 28.6 Å². The summed E-state index contributed by atoms with van der Waals surface area (Å²) in [5, 5.41) is 8.42. The fourth-order valence-electron chi connectivity index (χ4n) is 4.65. The first kappa shape index (κ1) is 26.1. The number of methoxy groups -OCH3 is 1. The van der Waals surface area contributed by atoms with E-state index in [1.807, 2.05) is 26.8 Å². The molecule has 2 aromatic heterocycles. The average Bonchev–Trinajstić information content (AvgIpc) is 3.56. The highest BCUT2D eigenvalue weighted by molar-refractivity contribution is 7.89. The number of benzene rings is 2. The number of hydrogen-bond acceptors (Lipinski definition) is 8. The van der Waals surface area contributed by atoms with Crippen LogP contribution in [0.4, 0.5) is 0 Å². The third kappa shape index (κ3) is 5.34. The molecule has 2 heterocycles. The van der Waals surface area contributed by atoms with E-state index in [-0.39, 0.29) is 22.3 Å². The van der Waals surface area contributed by atoms with Crippen LogP contribution in [-0.2, 0) is 20.2 Å². The van der Waals surface area contributed by atoms with Crippen molar-refractivity contribution in [3.05, 3.63) is 59.8 Å². The molecule has 0 bridgehead atoms. The SMILES string of the molecule is COC(=O)c1cccc(-c2nc3cc(S(=O)(=O)N[C@H]4CC[C@H](c5nnc(C(C)(C)C)o5)CC4)ccc3[nH]2)c1. The smallest absolute Gasteiger partial charge is 0.337 e. The Bertz CT molecular complexity index is 1580. The monoisotopic (exact) mass is 537 g/mol. The second-order valence-corrected chi connectivity index (χ2v) is 12.4. The highest BCUT2D eigenvalue weighted by Crippen LogP contribution is 2.34. The lowest BCUT2D eigenvalue weighted by atomic mass is 9.86. The first-order chi connectivity index (χ1) is 18.0. The average molecular weight is 538 g/mol. The van der Waals surface area contributed by atoms with Crippen LogP contribution in [0.15, 0.2) is 51.8 Å². The summed E-state index contributed by atoms with van der Waals surface area (Å²) in [6, 6.07) is 11.5. The Labute approximate surface area is 221 Å². The van der Waals surface area contributed by atoms with Crippen LogP contribution in [0, 0.1) is 0 Å². The zero-order valence-corrected chi connectivity index (χ0v) is 22.6. The van der Waals surface area contributed by atoms with Crippen molar-refractivity contribution in [2.24, 2.45) is 0 Å². The van der Waals surface area contributed by atoms with Crippen molar-refractivity contribution < 1.29 is 22.4 Å². The van der Waals surface area contributed by atoms with Gasteiger partial charge in [-0.25, -0.2) is 22.9 Å². The first-order valence-corrected chi connectivity index (χ1v) is 14.1. The summed E-state index contributed by atoms with van der Waals surface area (Å²) in [6.07, 6.45) is 2.90. The van der Waals surface area contributed by atoms with Crippen LogP contribution >= 0.6 is 0 Å². The van der Waals surface area contributed by atoms with Gasteiger partial charge in [0.2, 0.25) is 21.8 Å². The highest BCUT2D eigenvalue weighted by Gasteiger charge is 2.31. The van der Waals surface area contributed by atoms with E-state index in [2.05, 4.69) is 24.9 Å². The zero-order valence-electron chi connectivity index (χ0n) is 21.8. The fraction of sp³-hybridized carbons (Fsp3) is 0.407. The summed E-state index contributed by atoms with van der Waals surface area (Å²) in [5.41, 5.74) is 2.10. The maximum atomic E-state index is 13.2. The lowest BCUT2D eigenvalue weighted by Gasteiger charge is -2.27. The summed E-state index contributed by atoms with van der Waals surface area (Å²) in [4.78, 5) is 19.8. The van der Waals surface area contributed by atoms with Gasteiger partial charge in [-0.3, -0.25) is 0 Å². The number of nitrogens with zero attached hydrogens (tertiary/aromatic N) is 3. The summed E-state index contributed by atoms with van der Waals surface area (Å²) < 4.78 is 39.9. The molecule has 1 aliphatic rings. The quantitative estimate of drug-likeness (QED) is 0.337. The molecule has 0 aliphatic heterocycles. The molecule has 38 heavy (non-hydrogen) atoms. The van der Waals surface area contributed by atoms with Crippen LogP contribution in [0.25, 0.3) is 22.4 Å². The predicted octanol–water partition coefficient (Wildman–Crippen LogP) is 4.70. The number of fused-ring (bicyclic) bond motifs is 1. The van der Waals surface area contributed by atoms with Crippen LogP contribution < -0.4 is 4.72 Å². The largest absolute Gasteiger partial charge is 0.465 e. The Morgan fingerprint density at radius 2 is 1.84 bits per heavy atom. The number of sulfonamides is 1. The number of H-pyrrole nitrogens is 1. The molecular weight excluding hydrogens is 506 g/mol. The third-order valence-electron chi connectivity index (χ3n) is 6.80. The molecule has 200 valence electrons. The molecule has 5 rings (SSSR count). The first-order valence-electron chi connectivity index (χ1n) is 12.6. The van der Waals surface area contributed by atoms with Crippen molar-refractivity contribution in [1.29, 1.82) is 0 Å². The van der Waals surface area contributed by atoms with Crippen molar-refractivity contribution in [1.82, 2.24) is 24.9 Å². The molecule has 2 aromatic carbocycles. The summed E-state index contributed by atoms with van der Waals surface area (Å²) in [5.74, 6) is 1.47. The zero-order chi connectivity index (χ0) is 27.1. The van der Waals surface area contributed by atoms with E-state index in [4.69, 9.17) is 9.15 Å². The van der Waals surface area contributed by atoms with Crippen LogP contribution in [0.3, 0.4) is 0 Å². The molecule has 0 spiro atoms. The van der Waals surface area contributed by atoms with Gasteiger partial charge >= 0.3 is 5.97 Å².